The van der Waals surface area contributed by atoms with E-state index in [1.54, 1.807) is 11.8 Å². The smallest absolute Gasteiger partial charge is 0.190 e. The van der Waals surface area contributed by atoms with Crippen LogP contribution in [0.25, 0.3) is 0 Å². The molecule has 0 amide bonds. The fourth-order valence-electron chi connectivity index (χ4n) is 3.35. The molecule has 1 aromatic carbocycles. The summed E-state index contributed by atoms with van der Waals surface area (Å²) in [4.78, 5) is 20.2. The fraction of sp³-hybridized carbons (Fsp3) is 0.500. The summed E-state index contributed by atoms with van der Waals surface area (Å²) in [5, 5.41) is 0. The van der Waals surface area contributed by atoms with Gasteiger partial charge in [0.1, 0.15) is 13.1 Å². The Morgan fingerprint density at radius 2 is 2.00 bits per heavy atom. The molecule has 6 heteroatoms. The lowest BCUT2D eigenvalue weighted by atomic mass is 10.2. The molecule has 0 spiro atoms. The summed E-state index contributed by atoms with van der Waals surface area (Å²) in [6.07, 6.45) is 1.07. The Hall–Kier alpha value is -1.76. The van der Waals surface area contributed by atoms with Gasteiger partial charge in [-0.25, -0.2) is 4.99 Å². The zero-order chi connectivity index (χ0) is 18.5. The normalized spacial score (nSPS) is 16.2. The van der Waals surface area contributed by atoms with E-state index in [1.165, 1.54) is 11.3 Å². The highest BCUT2D eigenvalue weighted by Gasteiger charge is 2.16. The molecule has 1 saturated heterocycles. The zero-order valence-corrected chi connectivity index (χ0v) is 16.7. The first-order valence-corrected chi connectivity index (χ1v) is 10.1. The van der Waals surface area contributed by atoms with Crippen LogP contribution in [0.3, 0.4) is 0 Å². The molecule has 3 rings (SSSR count). The number of nitrogens with zero attached hydrogens (tertiary/aromatic N) is 2. The highest BCUT2D eigenvalue weighted by atomic mass is 32.1. The number of hydrogen-bond acceptors (Lipinski definition) is 4. The van der Waals surface area contributed by atoms with Crippen LogP contribution in [0.4, 0.5) is 5.69 Å². The van der Waals surface area contributed by atoms with Crippen LogP contribution < -0.4 is 9.70 Å². The van der Waals surface area contributed by atoms with Gasteiger partial charge in [-0.3, -0.25) is 4.79 Å². The van der Waals surface area contributed by atoms with Gasteiger partial charge in [-0.2, -0.15) is 0 Å². The van der Waals surface area contributed by atoms with Gasteiger partial charge in [0.2, 0.25) is 0 Å². The molecule has 2 heterocycles. The Morgan fingerprint density at radius 1 is 1.27 bits per heavy atom. The van der Waals surface area contributed by atoms with E-state index in [2.05, 4.69) is 17.6 Å². The molecular formula is C20H28N3O2S+. The van der Waals surface area contributed by atoms with Crippen molar-refractivity contribution in [3.8, 4) is 0 Å². The van der Waals surface area contributed by atoms with Crippen LogP contribution in [0.2, 0.25) is 0 Å². The number of thiazole rings is 1. The zero-order valence-electron chi connectivity index (χ0n) is 15.9. The molecule has 0 unspecified atom stereocenters. The van der Waals surface area contributed by atoms with Crippen molar-refractivity contribution in [3.05, 3.63) is 45.2 Å². The van der Waals surface area contributed by atoms with E-state index in [9.17, 15) is 4.79 Å². The Morgan fingerprint density at radius 3 is 2.69 bits per heavy atom. The first-order valence-electron chi connectivity index (χ1n) is 9.29. The van der Waals surface area contributed by atoms with Crippen LogP contribution >= 0.6 is 11.3 Å². The van der Waals surface area contributed by atoms with Gasteiger partial charge in [-0.05, 0) is 25.5 Å². The molecule has 0 bridgehead atoms. The van der Waals surface area contributed by atoms with Gasteiger partial charge in [-0.15, -0.1) is 0 Å². The Bertz CT molecular complexity index is 832. The summed E-state index contributed by atoms with van der Waals surface area (Å²) in [6.45, 7) is 11.7. The number of rotatable bonds is 6. The van der Waals surface area contributed by atoms with Crippen LogP contribution in [0.5, 0.6) is 0 Å². The van der Waals surface area contributed by atoms with Gasteiger partial charge in [0.15, 0.2) is 10.6 Å². The van der Waals surface area contributed by atoms with Gasteiger partial charge in [0.25, 0.3) is 0 Å². The third-order valence-corrected chi connectivity index (χ3v) is 6.20. The van der Waals surface area contributed by atoms with Crippen molar-refractivity contribution < 1.29 is 14.4 Å². The number of carbonyl (C=O) groups excluding carboxylic acids is 1. The van der Waals surface area contributed by atoms with Crippen molar-refractivity contribution in [2.75, 3.05) is 32.8 Å². The molecule has 1 fully saturated rings. The maximum Gasteiger partial charge on any atom is 0.190 e. The Balaban J connectivity index is 1.85. The average molecular weight is 375 g/mol. The van der Waals surface area contributed by atoms with E-state index in [1.807, 2.05) is 25.1 Å². The summed E-state index contributed by atoms with van der Waals surface area (Å²) in [6, 6.07) is 8.12. The predicted octanol–water partition coefficient (Wildman–Crippen LogP) is 1.91. The second-order valence-corrected chi connectivity index (χ2v) is 7.85. The number of ketones is 1. The van der Waals surface area contributed by atoms with E-state index in [0.717, 1.165) is 72.4 Å². The second-order valence-electron chi connectivity index (χ2n) is 6.87. The number of aromatic nitrogens is 1. The quantitative estimate of drug-likeness (QED) is 0.785. The average Bonchev–Trinajstić information content (AvgIpc) is 2.94. The van der Waals surface area contributed by atoms with Gasteiger partial charge < -0.3 is 14.2 Å². The molecule has 140 valence electrons. The van der Waals surface area contributed by atoms with E-state index >= 15 is 0 Å². The van der Waals surface area contributed by atoms with Crippen molar-refractivity contribution >= 4 is 22.8 Å². The minimum absolute atomic E-state index is 0.117. The summed E-state index contributed by atoms with van der Waals surface area (Å²) in [5.74, 6) is 0.117. The topological polar surface area (TPSA) is 48.0 Å². The molecule has 1 aliphatic heterocycles. The summed E-state index contributed by atoms with van der Waals surface area (Å²) in [7, 11) is 0. The van der Waals surface area contributed by atoms with Crippen LogP contribution in [0.15, 0.2) is 29.3 Å². The van der Waals surface area contributed by atoms with Gasteiger partial charge >= 0.3 is 0 Å². The molecule has 0 radical (unpaired) electrons. The standard InChI is InChI=1S/C20H27N3O2S/c1-15-7-4-5-8-18(15)21-20-23(16(2)19(26-20)17(3)24)10-6-9-22-11-13-25-14-12-22/h4-5,7-8H,6,9-14H2,1-3H3/p+1. The lowest BCUT2D eigenvalue weighted by molar-refractivity contribution is -0.908. The molecular weight excluding hydrogens is 346 g/mol. The molecule has 26 heavy (non-hydrogen) atoms. The highest BCUT2D eigenvalue weighted by molar-refractivity contribution is 7.11. The van der Waals surface area contributed by atoms with Crippen LogP contribution in [0, 0.1) is 13.8 Å². The van der Waals surface area contributed by atoms with Crippen molar-refractivity contribution in [3.63, 3.8) is 0 Å². The number of benzene rings is 1. The van der Waals surface area contributed by atoms with Crippen molar-refractivity contribution in [1.82, 2.24) is 4.57 Å². The minimum Gasteiger partial charge on any atom is -0.370 e. The Kier molecular flexibility index (Phi) is 6.40. The number of Topliss-reactive ketones (excluding diaryl/α,β-unsaturated/α-hetero) is 1. The maximum absolute atomic E-state index is 12.0. The SMILES string of the molecule is CC(=O)c1sc(=Nc2ccccc2C)n(CCC[NH+]2CCOCC2)c1C. The third-order valence-electron chi connectivity index (χ3n) is 4.92. The number of nitrogens with one attached hydrogen (secondary N) is 1. The van der Waals surface area contributed by atoms with Crippen molar-refractivity contribution in [2.24, 2.45) is 4.99 Å². The fourth-order valence-corrected chi connectivity index (χ4v) is 4.42. The van der Waals surface area contributed by atoms with E-state index in [-0.39, 0.29) is 5.78 Å². The summed E-state index contributed by atoms with van der Waals surface area (Å²) >= 11 is 1.50. The lowest BCUT2D eigenvalue weighted by Crippen LogP contribution is -3.14. The molecule has 0 aliphatic carbocycles. The monoisotopic (exact) mass is 374 g/mol. The number of quaternary nitrogens is 1. The van der Waals surface area contributed by atoms with Crippen LogP contribution in [0.1, 0.15) is 34.3 Å². The number of morpholine rings is 1. The highest BCUT2D eigenvalue weighted by Crippen LogP contribution is 2.19. The molecule has 2 aromatic rings. The molecule has 1 N–H and O–H groups in total. The lowest BCUT2D eigenvalue weighted by Gasteiger charge is -2.23. The van der Waals surface area contributed by atoms with Gasteiger partial charge in [0.05, 0.1) is 30.3 Å². The number of hydrogen-bond donors (Lipinski definition) is 1. The summed E-state index contributed by atoms with van der Waals surface area (Å²) < 4.78 is 7.65. The van der Waals surface area contributed by atoms with E-state index in [0.29, 0.717) is 0 Å². The van der Waals surface area contributed by atoms with Crippen LogP contribution in [-0.4, -0.2) is 43.2 Å². The molecule has 1 aliphatic rings. The number of para-hydroxylation sites is 1. The molecule has 0 saturated carbocycles. The number of aryl methyl sites for hydroxylation is 1. The largest absolute Gasteiger partial charge is 0.370 e. The van der Waals surface area contributed by atoms with E-state index < -0.39 is 0 Å². The number of carbonyl (C=O) groups is 1. The molecule has 1 aromatic heterocycles. The summed E-state index contributed by atoms with van der Waals surface area (Å²) in [5.41, 5.74) is 3.15. The number of ether oxygens (including phenoxy) is 1. The molecule has 0 atom stereocenters. The van der Waals surface area contributed by atoms with Gasteiger partial charge in [0, 0.05) is 25.6 Å². The predicted molar refractivity (Wildman–Crippen MR) is 104 cm³/mol. The van der Waals surface area contributed by atoms with Crippen LogP contribution in [-0.2, 0) is 11.3 Å². The maximum atomic E-state index is 12.0. The molecule has 5 nitrogen and oxygen atoms in total. The second kappa shape index (κ2) is 8.75. The van der Waals surface area contributed by atoms with E-state index in [4.69, 9.17) is 9.73 Å². The van der Waals surface area contributed by atoms with Crippen molar-refractivity contribution in [1.29, 1.82) is 0 Å². The first kappa shape index (κ1) is 19.0. The Labute approximate surface area is 158 Å². The third kappa shape index (κ3) is 4.50. The van der Waals surface area contributed by atoms with Gasteiger partial charge in [-0.1, -0.05) is 29.5 Å². The first-order chi connectivity index (χ1) is 12.6. The minimum atomic E-state index is 0.117. The van der Waals surface area contributed by atoms with Crippen molar-refractivity contribution in [2.45, 2.75) is 33.7 Å².